The van der Waals surface area contributed by atoms with Crippen LogP contribution >= 0.6 is 11.8 Å². The van der Waals surface area contributed by atoms with E-state index in [9.17, 15) is 14.0 Å². The predicted octanol–water partition coefficient (Wildman–Crippen LogP) is 3.49. The molecule has 4 nitrogen and oxygen atoms in total. The number of benzene rings is 1. The van der Waals surface area contributed by atoms with Crippen molar-refractivity contribution in [1.82, 2.24) is 4.90 Å². The van der Waals surface area contributed by atoms with Gasteiger partial charge in [-0.1, -0.05) is 32.8 Å². The zero-order valence-electron chi connectivity index (χ0n) is 13.5. The smallest absolute Gasteiger partial charge is 0.248 e. The Balaban J connectivity index is 1.97. The summed E-state index contributed by atoms with van der Waals surface area (Å²) in [4.78, 5) is 26.5. The molecule has 1 aliphatic heterocycles. The molecule has 0 bridgehead atoms. The van der Waals surface area contributed by atoms with Crippen LogP contribution in [0.5, 0.6) is 0 Å². The molecule has 23 heavy (non-hydrogen) atoms. The van der Waals surface area contributed by atoms with Crippen LogP contribution in [0.25, 0.3) is 0 Å². The van der Waals surface area contributed by atoms with Crippen molar-refractivity contribution in [3.8, 4) is 0 Å². The van der Waals surface area contributed by atoms with Gasteiger partial charge >= 0.3 is 0 Å². The molecule has 1 aromatic rings. The van der Waals surface area contributed by atoms with E-state index in [1.165, 1.54) is 12.1 Å². The van der Waals surface area contributed by atoms with Crippen molar-refractivity contribution in [2.45, 2.75) is 39.2 Å². The Labute approximate surface area is 140 Å². The average Bonchev–Trinajstić information content (AvgIpc) is 2.97. The summed E-state index contributed by atoms with van der Waals surface area (Å²) in [6.07, 6.45) is 2.53. The number of thioether (sulfide) groups is 1. The number of halogens is 1. The van der Waals surface area contributed by atoms with Gasteiger partial charge in [-0.05, 0) is 24.1 Å². The van der Waals surface area contributed by atoms with Crippen molar-refractivity contribution in [1.29, 1.82) is 0 Å². The SMILES string of the molecule is CCCC(C)CC(=O)N1CSCC1C(=O)Nc1cccc(F)c1. The lowest BCUT2D eigenvalue weighted by molar-refractivity contribution is -0.137. The summed E-state index contributed by atoms with van der Waals surface area (Å²) >= 11 is 1.57. The van der Waals surface area contributed by atoms with Gasteiger partial charge in [0.2, 0.25) is 11.8 Å². The maximum absolute atomic E-state index is 13.2. The molecule has 0 aromatic heterocycles. The van der Waals surface area contributed by atoms with Gasteiger partial charge in [-0.3, -0.25) is 9.59 Å². The van der Waals surface area contributed by atoms with E-state index in [-0.39, 0.29) is 11.8 Å². The third-order valence-corrected chi connectivity index (χ3v) is 4.91. The second-order valence-electron chi connectivity index (χ2n) is 5.98. The highest BCUT2D eigenvalue weighted by molar-refractivity contribution is 7.99. The summed E-state index contributed by atoms with van der Waals surface area (Å²) in [6, 6.07) is 5.30. The molecule has 0 radical (unpaired) electrons. The molecule has 126 valence electrons. The van der Waals surface area contributed by atoms with Gasteiger partial charge in [0, 0.05) is 17.9 Å². The monoisotopic (exact) mass is 338 g/mol. The maximum Gasteiger partial charge on any atom is 0.248 e. The maximum atomic E-state index is 13.2. The van der Waals surface area contributed by atoms with E-state index in [1.807, 2.05) is 0 Å². The summed E-state index contributed by atoms with van der Waals surface area (Å²) in [5, 5.41) is 2.70. The predicted molar refractivity (Wildman–Crippen MR) is 91.7 cm³/mol. The van der Waals surface area contributed by atoms with E-state index < -0.39 is 11.9 Å². The molecule has 2 rings (SSSR count). The molecule has 0 spiro atoms. The summed E-state index contributed by atoms with van der Waals surface area (Å²) < 4.78 is 13.2. The van der Waals surface area contributed by atoms with Gasteiger partial charge in [-0.2, -0.15) is 0 Å². The Hall–Kier alpha value is -1.56. The molecule has 1 saturated heterocycles. The molecule has 0 aliphatic carbocycles. The molecular formula is C17H23FN2O2S. The highest BCUT2D eigenvalue weighted by Crippen LogP contribution is 2.25. The fourth-order valence-electron chi connectivity index (χ4n) is 2.71. The van der Waals surface area contributed by atoms with Crippen LogP contribution in [0.4, 0.5) is 10.1 Å². The summed E-state index contributed by atoms with van der Waals surface area (Å²) in [5.41, 5.74) is 0.415. The van der Waals surface area contributed by atoms with Crippen LogP contribution in [0.1, 0.15) is 33.1 Å². The van der Waals surface area contributed by atoms with Crippen molar-refractivity contribution in [3.05, 3.63) is 30.1 Å². The van der Waals surface area contributed by atoms with Crippen LogP contribution in [0, 0.1) is 11.7 Å². The number of amides is 2. The zero-order chi connectivity index (χ0) is 16.8. The number of anilines is 1. The van der Waals surface area contributed by atoms with Crippen molar-refractivity contribution >= 4 is 29.3 Å². The molecule has 6 heteroatoms. The Kier molecular flexibility index (Phi) is 6.45. The molecular weight excluding hydrogens is 315 g/mol. The summed E-state index contributed by atoms with van der Waals surface area (Å²) in [5.74, 6) is 0.816. The third kappa shape index (κ3) is 4.96. The number of hydrogen-bond acceptors (Lipinski definition) is 3. The first-order valence-corrected chi connectivity index (χ1v) is 9.10. The van der Waals surface area contributed by atoms with E-state index in [0.29, 0.717) is 29.7 Å². The van der Waals surface area contributed by atoms with E-state index >= 15 is 0 Å². The van der Waals surface area contributed by atoms with E-state index in [4.69, 9.17) is 0 Å². The topological polar surface area (TPSA) is 49.4 Å². The Morgan fingerprint density at radius 1 is 1.48 bits per heavy atom. The van der Waals surface area contributed by atoms with Crippen molar-refractivity contribution in [3.63, 3.8) is 0 Å². The number of carbonyl (C=O) groups excluding carboxylic acids is 2. The van der Waals surface area contributed by atoms with Crippen LogP contribution in [0.2, 0.25) is 0 Å². The van der Waals surface area contributed by atoms with E-state index in [0.717, 1.165) is 12.8 Å². The van der Waals surface area contributed by atoms with Crippen molar-refractivity contribution in [2.24, 2.45) is 5.92 Å². The normalized spacial score (nSPS) is 18.7. The molecule has 2 unspecified atom stereocenters. The third-order valence-electron chi connectivity index (χ3n) is 3.90. The van der Waals surface area contributed by atoms with Gasteiger partial charge in [0.15, 0.2) is 0 Å². The standard InChI is InChI=1S/C17H23FN2O2S/c1-3-5-12(2)8-16(21)20-11-23-10-15(20)17(22)19-14-7-4-6-13(18)9-14/h4,6-7,9,12,15H,3,5,8,10-11H2,1-2H3,(H,19,22). The number of nitrogens with one attached hydrogen (secondary N) is 1. The van der Waals surface area contributed by atoms with Gasteiger partial charge in [0.05, 0.1) is 5.88 Å². The molecule has 1 aliphatic rings. The minimum Gasteiger partial charge on any atom is -0.324 e. The van der Waals surface area contributed by atoms with Gasteiger partial charge in [0.25, 0.3) is 0 Å². The molecule has 0 saturated carbocycles. The number of rotatable bonds is 6. The first-order chi connectivity index (χ1) is 11.0. The highest BCUT2D eigenvalue weighted by atomic mass is 32.2. The Morgan fingerprint density at radius 2 is 2.26 bits per heavy atom. The van der Waals surface area contributed by atoms with Crippen LogP contribution in [-0.2, 0) is 9.59 Å². The Morgan fingerprint density at radius 3 is 2.96 bits per heavy atom. The number of nitrogens with zero attached hydrogens (tertiary/aromatic N) is 1. The lowest BCUT2D eigenvalue weighted by atomic mass is 10.0. The minimum absolute atomic E-state index is 0.0235. The van der Waals surface area contributed by atoms with Gasteiger partial charge < -0.3 is 10.2 Å². The first-order valence-electron chi connectivity index (χ1n) is 7.95. The highest BCUT2D eigenvalue weighted by Gasteiger charge is 2.34. The molecule has 1 N–H and O–H groups in total. The van der Waals surface area contributed by atoms with E-state index in [2.05, 4.69) is 19.2 Å². The largest absolute Gasteiger partial charge is 0.324 e. The van der Waals surface area contributed by atoms with E-state index in [1.54, 1.807) is 28.8 Å². The fourth-order valence-corrected chi connectivity index (χ4v) is 3.89. The van der Waals surface area contributed by atoms with Crippen molar-refractivity contribution < 1.29 is 14.0 Å². The first kappa shape index (κ1) is 17.8. The van der Waals surface area contributed by atoms with Gasteiger partial charge in [-0.25, -0.2) is 4.39 Å². The minimum atomic E-state index is -0.482. The van der Waals surface area contributed by atoms with Gasteiger partial charge in [-0.15, -0.1) is 11.8 Å². The second kappa shape index (κ2) is 8.34. The van der Waals surface area contributed by atoms with Crippen LogP contribution in [0.15, 0.2) is 24.3 Å². The summed E-state index contributed by atoms with van der Waals surface area (Å²) in [7, 11) is 0. The summed E-state index contributed by atoms with van der Waals surface area (Å²) in [6.45, 7) is 4.16. The number of hydrogen-bond donors (Lipinski definition) is 1. The fraction of sp³-hybridized carbons (Fsp3) is 0.529. The number of carbonyl (C=O) groups is 2. The zero-order valence-corrected chi connectivity index (χ0v) is 14.4. The molecule has 1 aromatic carbocycles. The Bertz CT molecular complexity index is 567. The van der Waals surface area contributed by atoms with Crippen LogP contribution < -0.4 is 5.32 Å². The van der Waals surface area contributed by atoms with Crippen molar-refractivity contribution in [2.75, 3.05) is 16.9 Å². The molecule has 2 amide bonds. The van der Waals surface area contributed by atoms with Gasteiger partial charge in [0.1, 0.15) is 11.9 Å². The average molecular weight is 338 g/mol. The molecule has 2 atom stereocenters. The van der Waals surface area contributed by atoms with Crippen LogP contribution in [0.3, 0.4) is 0 Å². The second-order valence-corrected chi connectivity index (χ2v) is 6.98. The molecule has 1 fully saturated rings. The lowest BCUT2D eigenvalue weighted by Crippen LogP contribution is -2.44. The lowest BCUT2D eigenvalue weighted by Gasteiger charge is -2.24. The molecule has 1 heterocycles. The quantitative estimate of drug-likeness (QED) is 0.864. The van der Waals surface area contributed by atoms with Crippen LogP contribution in [-0.4, -0.2) is 34.4 Å².